The molecular formula is C10H14N4O2S. The number of thioether (sulfide) groups is 1. The molecule has 1 heterocycles. The predicted molar refractivity (Wildman–Crippen MR) is 66.6 cm³/mol. The summed E-state index contributed by atoms with van der Waals surface area (Å²) in [5.41, 5.74) is 6.28. The number of nitrogens with two attached hydrogens (primary N) is 1. The van der Waals surface area contributed by atoms with Crippen LogP contribution in [0.4, 0.5) is 10.5 Å². The van der Waals surface area contributed by atoms with E-state index >= 15 is 0 Å². The summed E-state index contributed by atoms with van der Waals surface area (Å²) in [6.45, 7) is 0. The van der Waals surface area contributed by atoms with Gasteiger partial charge in [0, 0.05) is 30.3 Å². The van der Waals surface area contributed by atoms with Crippen LogP contribution in [0.5, 0.6) is 0 Å². The second-order valence-corrected chi connectivity index (χ2v) is 4.28. The van der Waals surface area contributed by atoms with Gasteiger partial charge in [-0.05, 0) is 6.07 Å². The fourth-order valence-corrected chi connectivity index (χ4v) is 1.91. The lowest BCUT2D eigenvalue weighted by molar-refractivity contribution is -0.119. The number of urea groups is 1. The zero-order chi connectivity index (χ0) is 12.7. The third-order valence-electron chi connectivity index (χ3n) is 1.88. The second-order valence-electron chi connectivity index (χ2n) is 3.14. The van der Waals surface area contributed by atoms with Crippen LogP contribution < -0.4 is 16.4 Å². The van der Waals surface area contributed by atoms with Crippen molar-refractivity contribution in [2.24, 2.45) is 0 Å². The minimum absolute atomic E-state index is 0.250. The molecule has 17 heavy (non-hydrogen) atoms. The average Bonchev–Trinajstić information content (AvgIpc) is 2.31. The molecule has 0 aliphatic rings. The van der Waals surface area contributed by atoms with Gasteiger partial charge in [0.1, 0.15) is 0 Å². The third kappa shape index (κ3) is 4.73. The van der Waals surface area contributed by atoms with Gasteiger partial charge in [0.2, 0.25) is 5.91 Å². The molecule has 0 bridgehead atoms. The molecule has 0 spiro atoms. The number of rotatable bonds is 4. The molecule has 0 radical (unpaired) electrons. The van der Waals surface area contributed by atoms with Crippen LogP contribution in [0.2, 0.25) is 0 Å². The van der Waals surface area contributed by atoms with Gasteiger partial charge in [-0.15, -0.1) is 11.8 Å². The van der Waals surface area contributed by atoms with Crippen LogP contribution in [-0.4, -0.2) is 29.7 Å². The van der Waals surface area contributed by atoms with Crippen molar-refractivity contribution in [2.45, 2.75) is 11.3 Å². The van der Waals surface area contributed by atoms with Crippen molar-refractivity contribution >= 4 is 29.4 Å². The van der Waals surface area contributed by atoms with E-state index in [2.05, 4.69) is 15.6 Å². The number of nitrogen functional groups attached to an aromatic ring is 1. The van der Waals surface area contributed by atoms with E-state index in [-0.39, 0.29) is 12.3 Å². The molecule has 0 atom stereocenters. The average molecular weight is 254 g/mol. The lowest BCUT2D eigenvalue weighted by atomic mass is 10.4. The van der Waals surface area contributed by atoms with Crippen molar-refractivity contribution in [3.8, 4) is 0 Å². The van der Waals surface area contributed by atoms with Crippen LogP contribution in [0.3, 0.4) is 0 Å². The van der Waals surface area contributed by atoms with Crippen molar-refractivity contribution < 1.29 is 9.59 Å². The number of aromatic nitrogens is 1. The highest BCUT2D eigenvalue weighted by Gasteiger charge is 2.06. The zero-order valence-electron chi connectivity index (χ0n) is 9.40. The maximum atomic E-state index is 11.3. The Morgan fingerprint density at radius 2 is 2.29 bits per heavy atom. The molecule has 0 aliphatic heterocycles. The molecule has 6 nitrogen and oxygen atoms in total. The quantitative estimate of drug-likeness (QED) is 0.684. The van der Waals surface area contributed by atoms with Gasteiger partial charge in [-0.3, -0.25) is 15.1 Å². The third-order valence-corrected chi connectivity index (χ3v) is 2.97. The molecule has 0 aromatic carbocycles. The SMILES string of the molecule is CNC(=O)NC(=O)CCSc1ccncc1N. The first-order valence-electron chi connectivity index (χ1n) is 4.97. The fourth-order valence-electron chi connectivity index (χ4n) is 1.03. The van der Waals surface area contributed by atoms with Gasteiger partial charge in [-0.1, -0.05) is 0 Å². The van der Waals surface area contributed by atoms with Crippen LogP contribution in [0.25, 0.3) is 0 Å². The summed E-state index contributed by atoms with van der Waals surface area (Å²) in [5, 5.41) is 4.49. The van der Waals surface area contributed by atoms with Crippen molar-refractivity contribution in [3.63, 3.8) is 0 Å². The maximum absolute atomic E-state index is 11.3. The molecule has 1 aromatic heterocycles. The molecule has 92 valence electrons. The highest BCUT2D eigenvalue weighted by Crippen LogP contribution is 2.23. The van der Waals surface area contributed by atoms with E-state index in [0.717, 1.165) is 4.90 Å². The van der Waals surface area contributed by atoms with Gasteiger partial charge in [0.25, 0.3) is 0 Å². The Hall–Kier alpha value is -1.76. The van der Waals surface area contributed by atoms with Crippen LogP contribution in [-0.2, 0) is 4.79 Å². The van der Waals surface area contributed by atoms with Gasteiger partial charge in [0.05, 0.1) is 11.9 Å². The van der Waals surface area contributed by atoms with Crippen molar-refractivity contribution in [1.82, 2.24) is 15.6 Å². The van der Waals surface area contributed by atoms with Gasteiger partial charge < -0.3 is 11.1 Å². The summed E-state index contributed by atoms with van der Waals surface area (Å²) >= 11 is 1.45. The number of nitrogens with zero attached hydrogens (tertiary/aromatic N) is 1. The number of nitrogens with one attached hydrogen (secondary N) is 2. The van der Waals surface area contributed by atoms with Gasteiger partial charge in [-0.2, -0.15) is 0 Å². The van der Waals surface area contributed by atoms with E-state index in [0.29, 0.717) is 11.4 Å². The summed E-state index contributed by atoms with van der Waals surface area (Å²) in [4.78, 5) is 26.8. The predicted octanol–water partition coefficient (Wildman–Crippen LogP) is 0.602. The standard InChI is InChI=1S/C10H14N4O2S/c1-12-10(16)14-9(15)3-5-17-8-2-4-13-6-7(8)11/h2,4,6H,3,5,11H2,1H3,(H2,12,14,15,16). The van der Waals surface area contributed by atoms with E-state index in [4.69, 9.17) is 5.73 Å². The molecule has 0 saturated heterocycles. The van der Waals surface area contributed by atoms with E-state index in [1.165, 1.54) is 18.8 Å². The lowest BCUT2D eigenvalue weighted by Crippen LogP contribution is -2.37. The first kappa shape index (κ1) is 13.3. The number of amides is 3. The minimum Gasteiger partial charge on any atom is -0.397 e. The zero-order valence-corrected chi connectivity index (χ0v) is 10.2. The van der Waals surface area contributed by atoms with E-state index in [9.17, 15) is 9.59 Å². The lowest BCUT2D eigenvalue weighted by Gasteiger charge is -2.04. The number of anilines is 1. The van der Waals surface area contributed by atoms with Crippen molar-refractivity contribution in [3.05, 3.63) is 18.5 Å². The first-order valence-corrected chi connectivity index (χ1v) is 5.96. The summed E-state index contributed by atoms with van der Waals surface area (Å²) in [6, 6.07) is 1.29. The highest BCUT2D eigenvalue weighted by atomic mass is 32.2. The van der Waals surface area contributed by atoms with Gasteiger partial charge >= 0.3 is 6.03 Å². The van der Waals surface area contributed by atoms with Gasteiger partial charge in [-0.25, -0.2) is 4.79 Å². The largest absolute Gasteiger partial charge is 0.397 e. The Balaban J connectivity index is 2.31. The molecular weight excluding hydrogens is 240 g/mol. The minimum atomic E-state index is -0.497. The second kappa shape index (κ2) is 6.74. The Kier molecular flexibility index (Phi) is 5.28. The Morgan fingerprint density at radius 3 is 2.94 bits per heavy atom. The number of pyridine rings is 1. The number of hydrogen-bond acceptors (Lipinski definition) is 5. The summed E-state index contributed by atoms with van der Waals surface area (Å²) < 4.78 is 0. The monoisotopic (exact) mass is 254 g/mol. The van der Waals surface area contributed by atoms with Gasteiger partial charge in [0.15, 0.2) is 0 Å². The van der Waals surface area contributed by atoms with Crippen LogP contribution in [0.15, 0.2) is 23.4 Å². The Bertz CT molecular complexity index is 411. The Morgan fingerprint density at radius 1 is 1.53 bits per heavy atom. The molecule has 1 rings (SSSR count). The van der Waals surface area contributed by atoms with Crippen LogP contribution >= 0.6 is 11.8 Å². The normalized spacial score (nSPS) is 9.71. The molecule has 1 aromatic rings. The molecule has 4 N–H and O–H groups in total. The van der Waals surface area contributed by atoms with Crippen LogP contribution in [0.1, 0.15) is 6.42 Å². The Labute approximate surface area is 103 Å². The number of carbonyl (C=O) groups is 2. The van der Waals surface area contributed by atoms with Crippen LogP contribution in [0, 0.1) is 0 Å². The molecule has 3 amide bonds. The van der Waals surface area contributed by atoms with Crippen molar-refractivity contribution in [1.29, 1.82) is 0 Å². The highest BCUT2D eigenvalue weighted by molar-refractivity contribution is 7.99. The summed E-state index contributed by atoms with van der Waals surface area (Å²) in [5.74, 6) is 0.237. The molecule has 0 unspecified atom stereocenters. The first-order chi connectivity index (χ1) is 8.13. The number of carbonyl (C=O) groups excluding carboxylic acids is 2. The number of hydrogen-bond donors (Lipinski definition) is 3. The molecule has 0 saturated carbocycles. The summed E-state index contributed by atoms with van der Waals surface area (Å²) in [7, 11) is 1.45. The topological polar surface area (TPSA) is 97.1 Å². The number of imide groups is 1. The van der Waals surface area contributed by atoms with E-state index in [1.54, 1.807) is 18.5 Å². The molecule has 7 heteroatoms. The molecule has 0 fully saturated rings. The molecule has 0 aliphatic carbocycles. The van der Waals surface area contributed by atoms with E-state index in [1.807, 2.05) is 0 Å². The smallest absolute Gasteiger partial charge is 0.321 e. The fraction of sp³-hybridized carbons (Fsp3) is 0.300. The van der Waals surface area contributed by atoms with E-state index < -0.39 is 6.03 Å². The maximum Gasteiger partial charge on any atom is 0.321 e. The summed E-state index contributed by atoms with van der Waals surface area (Å²) in [6.07, 6.45) is 3.45. The van der Waals surface area contributed by atoms with Crippen molar-refractivity contribution in [2.75, 3.05) is 18.5 Å².